The highest BCUT2D eigenvalue weighted by Gasteiger charge is 2.22. The first kappa shape index (κ1) is 17.5. The van der Waals surface area contributed by atoms with Gasteiger partial charge in [-0.3, -0.25) is 0 Å². The molecular formula is C19H28N6. The minimum atomic E-state index is 0.663. The molecule has 0 amide bonds. The van der Waals surface area contributed by atoms with Gasteiger partial charge in [0, 0.05) is 38.4 Å². The van der Waals surface area contributed by atoms with Gasteiger partial charge in [-0.1, -0.05) is 19.1 Å². The van der Waals surface area contributed by atoms with Gasteiger partial charge < -0.3 is 20.4 Å². The van der Waals surface area contributed by atoms with Crippen molar-refractivity contribution >= 4 is 23.0 Å². The van der Waals surface area contributed by atoms with Gasteiger partial charge in [0.05, 0.1) is 0 Å². The van der Waals surface area contributed by atoms with E-state index in [2.05, 4.69) is 69.7 Å². The van der Waals surface area contributed by atoms with Crippen molar-refractivity contribution in [3.05, 3.63) is 36.2 Å². The summed E-state index contributed by atoms with van der Waals surface area (Å²) in [7, 11) is 0. The topological polar surface area (TPSA) is 61.5 Å². The van der Waals surface area contributed by atoms with E-state index in [1.165, 1.54) is 5.56 Å². The highest BCUT2D eigenvalue weighted by molar-refractivity contribution is 5.79. The SMILES string of the molecule is CCN1CCN(c2ncnc(N(CC)c3cccc(C)c3)c2N)CC1. The summed E-state index contributed by atoms with van der Waals surface area (Å²) in [6.07, 6.45) is 1.63. The zero-order valence-electron chi connectivity index (χ0n) is 15.4. The Morgan fingerprint density at radius 3 is 2.52 bits per heavy atom. The first-order valence-corrected chi connectivity index (χ1v) is 9.06. The molecule has 0 atom stereocenters. The molecule has 6 nitrogen and oxygen atoms in total. The number of benzene rings is 1. The Morgan fingerprint density at radius 1 is 1.12 bits per heavy atom. The van der Waals surface area contributed by atoms with Crippen molar-refractivity contribution in [2.24, 2.45) is 0 Å². The summed E-state index contributed by atoms with van der Waals surface area (Å²) in [5, 5.41) is 0. The van der Waals surface area contributed by atoms with Crippen molar-refractivity contribution < 1.29 is 0 Å². The second kappa shape index (κ2) is 7.70. The molecule has 134 valence electrons. The fourth-order valence-electron chi connectivity index (χ4n) is 3.37. The lowest BCUT2D eigenvalue weighted by atomic mass is 10.2. The average Bonchev–Trinajstić information content (AvgIpc) is 2.64. The van der Waals surface area contributed by atoms with Gasteiger partial charge in [0.25, 0.3) is 0 Å². The van der Waals surface area contributed by atoms with Crippen LogP contribution in [0, 0.1) is 6.92 Å². The maximum Gasteiger partial charge on any atom is 0.161 e. The molecule has 1 aromatic heterocycles. The number of hydrogen-bond donors (Lipinski definition) is 1. The van der Waals surface area contributed by atoms with Crippen molar-refractivity contribution in [3.8, 4) is 0 Å². The number of aromatic nitrogens is 2. The Bertz CT molecular complexity index is 709. The summed E-state index contributed by atoms with van der Waals surface area (Å²) in [5.74, 6) is 1.64. The van der Waals surface area contributed by atoms with E-state index in [1.54, 1.807) is 6.33 Å². The lowest BCUT2D eigenvalue weighted by Crippen LogP contribution is -2.46. The van der Waals surface area contributed by atoms with Crippen LogP contribution in [0.2, 0.25) is 0 Å². The summed E-state index contributed by atoms with van der Waals surface area (Å²) < 4.78 is 0. The van der Waals surface area contributed by atoms with Crippen LogP contribution in [0.4, 0.5) is 23.0 Å². The van der Waals surface area contributed by atoms with Gasteiger partial charge in [0.1, 0.15) is 12.0 Å². The van der Waals surface area contributed by atoms with E-state index in [1.807, 2.05) is 0 Å². The molecule has 2 heterocycles. The van der Waals surface area contributed by atoms with Gasteiger partial charge in [0.2, 0.25) is 0 Å². The van der Waals surface area contributed by atoms with E-state index in [0.717, 1.165) is 56.6 Å². The third kappa shape index (κ3) is 3.69. The number of anilines is 4. The average molecular weight is 340 g/mol. The number of rotatable bonds is 5. The van der Waals surface area contributed by atoms with Crippen LogP contribution in [0.25, 0.3) is 0 Å². The minimum Gasteiger partial charge on any atom is -0.393 e. The molecule has 0 saturated carbocycles. The third-order valence-electron chi connectivity index (χ3n) is 4.85. The van der Waals surface area contributed by atoms with Crippen LogP contribution < -0.4 is 15.5 Å². The van der Waals surface area contributed by atoms with Gasteiger partial charge in [-0.2, -0.15) is 0 Å². The fraction of sp³-hybridized carbons (Fsp3) is 0.474. The Hall–Kier alpha value is -2.34. The number of aryl methyl sites for hydroxylation is 1. The van der Waals surface area contributed by atoms with Crippen molar-refractivity contribution in [1.82, 2.24) is 14.9 Å². The molecule has 1 fully saturated rings. The van der Waals surface area contributed by atoms with Crippen LogP contribution in [0.5, 0.6) is 0 Å². The molecule has 2 N–H and O–H groups in total. The van der Waals surface area contributed by atoms with Crippen LogP contribution in [0.1, 0.15) is 19.4 Å². The summed E-state index contributed by atoms with van der Waals surface area (Å²) in [4.78, 5) is 15.8. The smallest absolute Gasteiger partial charge is 0.161 e. The Kier molecular flexibility index (Phi) is 5.38. The van der Waals surface area contributed by atoms with Crippen LogP contribution >= 0.6 is 0 Å². The lowest BCUT2D eigenvalue weighted by Gasteiger charge is -2.35. The van der Waals surface area contributed by atoms with Crippen molar-refractivity contribution in [3.63, 3.8) is 0 Å². The second-order valence-electron chi connectivity index (χ2n) is 6.44. The molecule has 0 aliphatic carbocycles. The van der Waals surface area contributed by atoms with Crippen LogP contribution in [-0.4, -0.2) is 54.1 Å². The van der Waals surface area contributed by atoms with Gasteiger partial charge in [-0.15, -0.1) is 0 Å². The van der Waals surface area contributed by atoms with E-state index in [0.29, 0.717) is 5.69 Å². The summed E-state index contributed by atoms with van der Waals surface area (Å²) >= 11 is 0. The second-order valence-corrected chi connectivity index (χ2v) is 6.44. The van der Waals surface area contributed by atoms with E-state index < -0.39 is 0 Å². The number of nitrogens with zero attached hydrogens (tertiary/aromatic N) is 5. The van der Waals surface area contributed by atoms with Crippen molar-refractivity contribution in [1.29, 1.82) is 0 Å². The summed E-state index contributed by atoms with van der Waals surface area (Å²) in [5.41, 5.74) is 9.50. The monoisotopic (exact) mass is 340 g/mol. The molecule has 1 aromatic carbocycles. The first-order valence-electron chi connectivity index (χ1n) is 9.06. The largest absolute Gasteiger partial charge is 0.393 e. The zero-order chi connectivity index (χ0) is 17.8. The molecule has 1 aliphatic rings. The number of piperazine rings is 1. The van der Waals surface area contributed by atoms with Gasteiger partial charge in [-0.25, -0.2) is 9.97 Å². The molecule has 0 radical (unpaired) electrons. The molecule has 0 unspecified atom stereocenters. The van der Waals surface area contributed by atoms with Gasteiger partial charge >= 0.3 is 0 Å². The van der Waals surface area contributed by atoms with Crippen LogP contribution in [0.15, 0.2) is 30.6 Å². The van der Waals surface area contributed by atoms with E-state index in [9.17, 15) is 0 Å². The maximum atomic E-state index is 6.51. The third-order valence-corrected chi connectivity index (χ3v) is 4.85. The quantitative estimate of drug-likeness (QED) is 0.903. The van der Waals surface area contributed by atoms with Crippen molar-refractivity contribution in [2.45, 2.75) is 20.8 Å². The number of nitrogens with two attached hydrogens (primary N) is 1. The lowest BCUT2D eigenvalue weighted by molar-refractivity contribution is 0.270. The highest BCUT2D eigenvalue weighted by Crippen LogP contribution is 2.33. The predicted octanol–water partition coefficient (Wildman–Crippen LogP) is 2.67. The number of nitrogen functional groups attached to an aromatic ring is 1. The standard InChI is InChI=1S/C19H28N6/c1-4-23-9-11-24(12-10-23)18-17(20)19(22-14-21-18)25(5-2)16-8-6-7-15(3)13-16/h6-8,13-14H,4-5,9-12,20H2,1-3H3. The summed E-state index contributed by atoms with van der Waals surface area (Å²) in [6.45, 7) is 12.3. The normalized spacial score (nSPS) is 15.4. The zero-order valence-corrected chi connectivity index (χ0v) is 15.4. The molecular weight excluding hydrogens is 312 g/mol. The molecule has 3 rings (SSSR count). The van der Waals surface area contributed by atoms with Crippen LogP contribution in [0.3, 0.4) is 0 Å². The Balaban J connectivity index is 1.90. The maximum absolute atomic E-state index is 6.51. The van der Waals surface area contributed by atoms with E-state index in [-0.39, 0.29) is 0 Å². The Labute approximate surface area is 150 Å². The molecule has 0 bridgehead atoms. The predicted molar refractivity (Wildman–Crippen MR) is 105 cm³/mol. The first-order chi connectivity index (χ1) is 12.1. The molecule has 6 heteroatoms. The van der Waals surface area contributed by atoms with E-state index >= 15 is 0 Å². The highest BCUT2D eigenvalue weighted by atomic mass is 15.3. The van der Waals surface area contributed by atoms with Gasteiger partial charge in [-0.05, 0) is 38.1 Å². The molecule has 1 saturated heterocycles. The Morgan fingerprint density at radius 2 is 1.88 bits per heavy atom. The van der Waals surface area contributed by atoms with E-state index in [4.69, 9.17) is 5.73 Å². The van der Waals surface area contributed by atoms with Crippen LogP contribution in [-0.2, 0) is 0 Å². The van der Waals surface area contributed by atoms with Crippen molar-refractivity contribution in [2.75, 3.05) is 54.8 Å². The minimum absolute atomic E-state index is 0.663. The number of likely N-dealkylation sites (N-methyl/N-ethyl adjacent to an activating group) is 1. The molecule has 0 spiro atoms. The molecule has 1 aliphatic heterocycles. The number of hydrogen-bond acceptors (Lipinski definition) is 6. The van der Waals surface area contributed by atoms with Gasteiger partial charge in [0.15, 0.2) is 11.6 Å². The molecule has 25 heavy (non-hydrogen) atoms. The summed E-state index contributed by atoms with van der Waals surface area (Å²) in [6, 6.07) is 8.41. The fourth-order valence-corrected chi connectivity index (χ4v) is 3.37. The molecule has 2 aromatic rings.